The van der Waals surface area contributed by atoms with E-state index >= 15 is 0 Å². The Bertz CT molecular complexity index is 734. The normalized spacial score (nSPS) is 18.0. The number of piperazine rings is 1. The Morgan fingerprint density at radius 3 is 2.95 bits per heavy atom. The third-order valence-corrected chi connectivity index (χ3v) is 4.14. The molecule has 2 N–H and O–H groups in total. The summed E-state index contributed by atoms with van der Waals surface area (Å²) in [7, 11) is 0. The highest BCUT2D eigenvalue weighted by atomic mass is 35.5. The summed E-state index contributed by atoms with van der Waals surface area (Å²) in [6, 6.07) is 11.2. The maximum atomic E-state index is 12.5. The molecule has 1 aromatic heterocycles. The van der Waals surface area contributed by atoms with Crippen LogP contribution in [0.2, 0.25) is 5.02 Å². The van der Waals surface area contributed by atoms with Crippen molar-refractivity contribution < 1.29 is 4.79 Å². The monoisotopic (exact) mass is 314 g/mol. The van der Waals surface area contributed by atoms with E-state index in [1.165, 1.54) is 0 Å². The lowest BCUT2D eigenvalue weighted by Crippen LogP contribution is -2.48. The van der Waals surface area contributed by atoms with Gasteiger partial charge in [-0.25, -0.2) is 0 Å². The molecule has 0 saturated carbocycles. The summed E-state index contributed by atoms with van der Waals surface area (Å²) in [6.45, 7) is 1.89. The van der Waals surface area contributed by atoms with Crippen molar-refractivity contribution in [2.75, 3.05) is 19.6 Å². The van der Waals surface area contributed by atoms with Gasteiger partial charge in [0.25, 0.3) is 5.91 Å². The molecule has 1 atom stereocenters. The van der Waals surface area contributed by atoms with Crippen LogP contribution in [-0.2, 0) is 0 Å². The zero-order valence-electron chi connectivity index (χ0n) is 11.8. The fourth-order valence-electron chi connectivity index (χ4n) is 2.67. The van der Waals surface area contributed by atoms with Gasteiger partial charge in [-0.15, -0.1) is 0 Å². The van der Waals surface area contributed by atoms with Gasteiger partial charge < -0.3 is 15.2 Å². The lowest BCUT2D eigenvalue weighted by atomic mass is 10.0. The summed E-state index contributed by atoms with van der Waals surface area (Å²) < 4.78 is 0. The van der Waals surface area contributed by atoms with Crippen LogP contribution in [0.3, 0.4) is 0 Å². The standard InChI is InChI=1S/C16H15ClN4O/c17-14-4-2-1-3-13(14)15-10-21(6-5-19-15)16(22)11-7-12(8-18)20-9-11/h1-4,7,9,15,19-20H,5-6,10H2. The first-order valence-corrected chi connectivity index (χ1v) is 7.42. The molecule has 1 aliphatic heterocycles. The molecule has 5 nitrogen and oxygen atoms in total. The highest BCUT2D eigenvalue weighted by Crippen LogP contribution is 2.25. The molecule has 1 saturated heterocycles. The number of carbonyl (C=O) groups is 1. The lowest BCUT2D eigenvalue weighted by molar-refractivity contribution is 0.0703. The number of halogens is 1. The number of benzene rings is 1. The van der Waals surface area contributed by atoms with Crippen molar-refractivity contribution in [3.05, 3.63) is 58.4 Å². The molecule has 2 heterocycles. The van der Waals surface area contributed by atoms with Crippen LogP contribution in [-0.4, -0.2) is 35.4 Å². The van der Waals surface area contributed by atoms with E-state index in [-0.39, 0.29) is 11.9 Å². The molecule has 22 heavy (non-hydrogen) atoms. The number of rotatable bonds is 2. The molecule has 1 fully saturated rings. The van der Waals surface area contributed by atoms with Gasteiger partial charge >= 0.3 is 0 Å². The van der Waals surface area contributed by atoms with Crippen molar-refractivity contribution >= 4 is 17.5 Å². The van der Waals surface area contributed by atoms with E-state index in [9.17, 15) is 4.79 Å². The van der Waals surface area contributed by atoms with Crippen molar-refractivity contribution in [1.29, 1.82) is 5.26 Å². The number of H-pyrrole nitrogens is 1. The van der Waals surface area contributed by atoms with Crippen LogP contribution < -0.4 is 5.32 Å². The third kappa shape index (κ3) is 2.84. The van der Waals surface area contributed by atoms with Gasteiger partial charge in [-0.1, -0.05) is 29.8 Å². The molecule has 0 spiro atoms. The second-order valence-corrected chi connectivity index (χ2v) is 5.60. The lowest BCUT2D eigenvalue weighted by Gasteiger charge is -2.34. The predicted molar refractivity (Wildman–Crippen MR) is 83.6 cm³/mol. The van der Waals surface area contributed by atoms with Gasteiger partial charge in [0, 0.05) is 30.9 Å². The van der Waals surface area contributed by atoms with Crippen molar-refractivity contribution in [3.63, 3.8) is 0 Å². The fraction of sp³-hybridized carbons (Fsp3) is 0.250. The molecule has 1 aliphatic rings. The van der Waals surface area contributed by atoms with Gasteiger partial charge in [0.2, 0.25) is 0 Å². The maximum absolute atomic E-state index is 12.5. The molecular weight excluding hydrogens is 300 g/mol. The summed E-state index contributed by atoms with van der Waals surface area (Å²) in [4.78, 5) is 17.1. The first-order chi connectivity index (χ1) is 10.7. The maximum Gasteiger partial charge on any atom is 0.255 e. The Morgan fingerprint density at radius 2 is 2.23 bits per heavy atom. The van der Waals surface area contributed by atoms with Crippen LogP contribution in [0.1, 0.15) is 27.7 Å². The minimum atomic E-state index is -0.0729. The Hall–Kier alpha value is -2.29. The summed E-state index contributed by atoms with van der Waals surface area (Å²) >= 11 is 6.24. The second-order valence-electron chi connectivity index (χ2n) is 5.19. The number of carbonyl (C=O) groups excluding carboxylic acids is 1. The number of hydrogen-bond donors (Lipinski definition) is 2. The molecule has 1 aromatic carbocycles. The van der Waals surface area contributed by atoms with E-state index in [0.717, 1.165) is 5.56 Å². The first kappa shape index (κ1) is 14.6. The molecule has 6 heteroatoms. The number of hydrogen-bond acceptors (Lipinski definition) is 3. The van der Waals surface area contributed by atoms with Crippen LogP contribution in [0.4, 0.5) is 0 Å². The van der Waals surface area contributed by atoms with Crippen molar-refractivity contribution in [3.8, 4) is 6.07 Å². The Labute approximate surface area is 133 Å². The number of nitrogens with zero attached hydrogens (tertiary/aromatic N) is 2. The van der Waals surface area contributed by atoms with Crippen molar-refractivity contribution in [2.45, 2.75) is 6.04 Å². The summed E-state index contributed by atoms with van der Waals surface area (Å²) in [6.07, 6.45) is 1.58. The third-order valence-electron chi connectivity index (χ3n) is 3.79. The van der Waals surface area contributed by atoms with Gasteiger partial charge in [-0.2, -0.15) is 5.26 Å². The fourth-order valence-corrected chi connectivity index (χ4v) is 2.93. The minimum Gasteiger partial charge on any atom is -0.352 e. The predicted octanol–water partition coefficient (Wildman–Crippen LogP) is 2.33. The highest BCUT2D eigenvalue weighted by molar-refractivity contribution is 6.31. The van der Waals surface area contributed by atoms with E-state index < -0.39 is 0 Å². The molecule has 0 radical (unpaired) electrons. The van der Waals surface area contributed by atoms with Crippen molar-refractivity contribution in [2.24, 2.45) is 0 Å². The number of nitrogens with one attached hydrogen (secondary N) is 2. The molecule has 112 valence electrons. The minimum absolute atomic E-state index is 0.0146. The molecule has 3 rings (SSSR count). The zero-order chi connectivity index (χ0) is 15.5. The van der Waals surface area contributed by atoms with Crippen LogP contribution >= 0.6 is 11.6 Å². The number of aromatic nitrogens is 1. The van der Waals surface area contributed by atoms with E-state index in [1.54, 1.807) is 17.2 Å². The van der Waals surface area contributed by atoms with Gasteiger partial charge in [0.15, 0.2) is 0 Å². The Morgan fingerprint density at radius 1 is 1.41 bits per heavy atom. The quantitative estimate of drug-likeness (QED) is 0.893. The van der Waals surface area contributed by atoms with Crippen LogP contribution in [0.5, 0.6) is 0 Å². The molecule has 1 amide bonds. The summed E-state index contributed by atoms with van der Waals surface area (Å²) in [5, 5.41) is 12.9. The molecule has 0 bridgehead atoms. The largest absolute Gasteiger partial charge is 0.352 e. The summed E-state index contributed by atoms with van der Waals surface area (Å²) in [5.41, 5.74) is 1.89. The number of amides is 1. The summed E-state index contributed by atoms with van der Waals surface area (Å²) in [5.74, 6) is -0.0729. The smallest absolute Gasteiger partial charge is 0.255 e. The molecule has 1 unspecified atom stereocenters. The topological polar surface area (TPSA) is 71.9 Å². The molecule has 0 aliphatic carbocycles. The van der Waals surface area contributed by atoms with Gasteiger partial charge in [-0.3, -0.25) is 4.79 Å². The molecule has 2 aromatic rings. The zero-order valence-corrected chi connectivity index (χ0v) is 12.6. The average Bonchev–Trinajstić information content (AvgIpc) is 3.04. The Kier molecular flexibility index (Phi) is 4.14. The van der Waals surface area contributed by atoms with Crippen molar-refractivity contribution in [1.82, 2.24) is 15.2 Å². The first-order valence-electron chi connectivity index (χ1n) is 7.04. The number of aromatic amines is 1. The average molecular weight is 315 g/mol. The second kappa shape index (κ2) is 6.22. The van der Waals surface area contributed by atoms with Gasteiger partial charge in [0.1, 0.15) is 11.8 Å². The van der Waals surface area contributed by atoms with E-state index in [0.29, 0.717) is 35.9 Å². The van der Waals surface area contributed by atoms with Gasteiger partial charge in [0.05, 0.1) is 11.6 Å². The van der Waals surface area contributed by atoms with Crippen LogP contribution in [0.15, 0.2) is 36.5 Å². The van der Waals surface area contributed by atoms with E-state index in [1.807, 2.05) is 30.3 Å². The van der Waals surface area contributed by atoms with Crippen LogP contribution in [0.25, 0.3) is 0 Å². The van der Waals surface area contributed by atoms with Gasteiger partial charge in [-0.05, 0) is 17.7 Å². The Balaban J connectivity index is 1.77. The number of nitriles is 1. The van der Waals surface area contributed by atoms with E-state index in [4.69, 9.17) is 16.9 Å². The van der Waals surface area contributed by atoms with E-state index in [2.05, 4.69) is 10.3 Å². The SMILES string of the molecule is N#Cc1cc(C(=O)N2CCNC(c3ccccc3Cl)C2)c[nH]1. The van der Waals surface area contributed by atoms with Crippen LogP contribution in [0, 0.1) is 11.3 Å². The molecular formula is C16H15ClN4O. The highest BCUT2D eigenvalue weighted by Gasteiger charge is 2.26.